The summed E-state index contributed by atoms with van der Waals surface area (Å²) < 4.78 is 0. The molecule has 0 unspecified atom stereocenters. The minimum atomic E-state index is 0.404. The van der Waals surface area contributed by atoms with Crippen LogP contribution in [0.1, 0.15) is 48.6 Å². The number of rotatable bonds is 3. The number of nitrogens with zero attached hydrogens (tertiary/aromatic N) is 2. The number of thiocarbonyl (C=S) groups is 1. The van der Waals surface area contributed by atoms with Gasteiger partial charge in [0.05, 0.1) is 0 Å². The zero-order valence-corrected chi connectivity index (χ0v) is 18.0. The molecule has 1 aliphatic heterocycles. The van der Waals surface area contributed by atoms with Crippen molar-refractivity contribution < 1.29 is 0 Å². The van der Waals surface area contributed by atoms with Crippen molar-refractivity contribution in [2.45, 2.75) is 58.5 Å². The highest BCUT2D eigenvalue weighted by Crippen LogP contribution is 2.44. The number of likely N-dealkylation sites (tertiary alicyclic amines) is 1. The summed E-state index contributed by atoms with van der Waals surface area (Å²) in [6, 6.07) is 5.71. The molecule has 4 nitrogen and oxygen atoms in total. The summed E-state index contributed by atoms with van der Waals surface area (Å²) >= 11 is 5.68. The molecule has 1 aromatic carbocycles. The van der Waals surface area contributed by atoms with Crippen molar-refractivity contribution in [1.29, 1.82) is 0 Å². The zero-order chi connectivity index (χ0) is 19.3. The van der Waals surface area contributed by atoms with Crippen LogP contribution >= 0.6 is 12.2 Å². The summed E-state index contributed by atoms with van der Waals surface area (Å²) in [6.07, 6.45) is 2.30. The second-order valence-electron chi connectivity index (χ2n) is 8.38. The van der Waals surface area contributed by atoms with Crippen molar-refractivity contribution in [2.75, 3.05) is 26.7 Å². The number of H-pyrrole nitrogens is 1. The summed E-state index contributed by atoms with van der Waals surface area (Å²) in [5, 5.41) is 6.06. The topological polar surface area (TPSA) is 34.3 Å². The van der Waals surface area contributed by atoms with Crippen LogP contribution in [0.3, 0.4) is 0 Å². The van der Waals surface area contributed by atoms with Gasteiger partial charge in [0.1, 0.15) is 0 Å². The Labute approximate surface area is 168 Å². The molecule has 3 atom stereocenters. The first-order chi connectivity index (χ1) is 12.9. The second-order valence-corrected chi connectivity index (χ2v) is 8.76. The van der Waals surface area contributed by atoms with E-state index in [4.69, 9.17) is 12.2 Å². The summed E-state index contributed by atoms with van der Waals surface area (Å²) in [5.74, 6) is 0.561. The SMILES string of the molecule is CCN(CC)C(=S)N[C@H]1C[C@@H]2c3cc(C)cc4[nH]c(C)c(c34)C[C@H]2N(C)C1. The fourth-order valence-electron chi connectivity index (χ4n) is 5.31. The third kappa shape index (κ3) is 3.15. The lowest BCUT2D eigenvalue weighted by Crippen LogP contribution is -2.56. The Balaban J connectivity index is 1.66. The molecule has 27 heavy (non-hydrogen) atoms. The maximum Gasteiger partial charge on any atom is 0.169 e. The van der Waals surface area contributed by atoms with E-state index in [9.17, 15) is 0 Å². The monoisotopic (exact) mass is 384 g/mol. The van der Waals surface area contributed by atoms with E-state index in [-0.39, 0.29) is 0 Å². The predicted octanol–water partition coefficient (Wildman–Crippen LogP) is 3.71. The minimum absolute atomic E-state index is 0.404. The van der Waals surface area contributed by atoms with Gasteiger partial charge in [0.15, 0.2) is 5.11 Å². The van der Waals surface area contributed by atoms with Crippen molar-refractivity contribution >= 4 is 28.2 Å². The van der Waals surface area contributed by atoms with E-state index in [1.165, 1.54) is 33.3 Å². The molecule has 0 spiro atoms. The molecule has 0 saturated carbocycles. The molecular formula is C22H32N4S. The molecule has 1 aliphatic carbocycles. The van der Waals surface area contributed by atoms with Crippen LogP contribution in [-0.4, -0.2) is 58.7 Å². The van der Waals surface area contributed by atoms with Gasteiger partial charge in [-0.1, -0.05) is 6.07 Å². The fraction of sp³-hybridized carbons (Fsp3) is 0.591. The average molecular weight is 385 g/mol. The number of aromatic amines is 1. The predicted molar refractivity (Wildman–Crippen MR) is 118 cm³/mol. The molecular weight excluding hydrogens is 352 g/mol. The largest absolute Gasteiger partial charge is 0.359 e. The first-order valence-corrected chi connectivity index (χ1v) is 10.7. The Bertz CT molecular complexity index is 867. The molecule has 0 bridgehead atoms. The number of nitrogens with one attached hydrogen (secondary N) is 2. The molecule has 2 aromatic rings. The van der Waals surface area contributed by atoms with E-state index in [1.54, 1.807) is 0 Å². The number of aryl methyl sites for hydroxylation is 2. The van der Waals surface area contributed by atoms with Crippen LogP contribution in [0, 0.1) is 13.8 Å². The Morgan fingerprint density at radius 3 is 2.74 bits per heavy atom. The van der Waals surface area contributed by atoms with E-state index in [2.05, 4.69) is 67.0 Å². The Morgan fingerprint density at radius 2 is 2.04 bits per heavy atom. The van der Waals surface area contributed by atoms with E-state index in [0.29, 0.717) is 18.0 Å². The molecule has 0 radical (unpaired) electrons. The van der Waals surface area contributed by atoms with Crippen LogP contribution in [0.2, 0.25) is 0 Å². The lowest BCUT2D eigenvalue weighted by molar-refractivity contribution is 0.133. The van der Waals surface area contributed by atoms with Crippen molar-refractivity contribution in [3.63, 3.8) is 0 Å². The Hall–Kier alpha value is -1.59. The third-order valence-corrected chi connectivity index (χ3v) is 7.03. The number of likely N-dealkylation sites (N-methyl/N-ethyl adjacent to an activating group) is 1. The highest BCUT2D eigenvalue weighted by atomic mass is 32.1. The van der Waals surface area contributed by atoms with Crippen LogP contribution in [0.5, 0.6) is 0 Å². The van der Waals surface area contributed by atoms with Gasteiger partial charge >= 0.3 is 0 Å². The summed E-state index contributed by atoms with van der Waals surface area (Å²) in [5.41, 5.74) is 7.06. The molecule has 4 rings (SSSR count). The molecule has 1 saturated heterocycles. The van der Waals surface area contributed by atoms with Crippen molar-refractivity contribution in [1.82, 2.24) is 20.1 Å². The minimum Gasteiger partial charge on any atom is -0.359 e. The summed E-state index contributed by atoms with van der Waals surface area (Å²) in [7, 11) is 2.28. The van der Waals surface area contributed by atoms with E-state index < -0.39 is 0 Å². The van der Waals surface area contributed by atoms with Gasteiger partial charge < -0.3 is 20.1 Å². The smallest absolute Gasteiger partial charge is 0.169 e. The van der Waals surface area contributed by atoms with Crippen molar-refractivity contribution in [3.05, 3.63) is 34.5 Å². The van der Waals surface area contributed by atoms with E-state index >= 15 is 0 Å². The number of aromatic nitrogens is 1. The quantitative estimate of drug-likeness (QED) is 0.791. The van der Waals surface area contributed by atoms with Crippen LogP contribution in [0.15, 0.2) is 12.1 Å². The molecule has 146 valence electrons. The van der Waals surface area contributed by atoms with Crippen LogP contribution in [-0.2, 0) is 6.42 Å². The van der Waals surface area contributed by atoms with Gasteiger partial charge in [-0.05, 0) is 82.6 Å². The Morgan fingerprint density at radius 1 is 1.30 bits per heavy atom. The fourth-order valence-corrected chi connectivity index (χ4v) is 5.74. The average Bonchev–Trinajstić information content (AvgIpc) is 2.93. The molecule has 2 N–H and O–H groups in total. The van der Waals surface area contributed by atoms with Gasteiger partial charge in [0, 0.05) is 54.2 Å². The Kier molecular flexibility index (Phi) is 4.93. The van der Waals surface area contributed by atoms with E-state index in [0.717, 1.165) is 37.6 Å². The number of hydrogen-bond donors (Lipinski definition) is 2. The molecule has 2 heterocycles. The number of hydrogen-bond acceptors (Lipinski definition) is 2. The van der Waals surface area contributed by atoms with Crippen LogP contribution in [0.4, 0.5) is 0 Å². The number of benzene rings is 1. The molecule has 2 aliphatic rings. The normalized spacial score (nSPS) is 24.7. The maximum atomic E-state index is 5.68. The molecule has 1 aromatic heterocycles. The first-order valence-electron chi connectivity index (χ1n) is 10.3. The van der Waals surface area contributed by atoms with Gasteiger partial charge in [-0.15, -0.1) is 0 Å². The van der Waals surface area contributed by atoms with Gasteiger partial charge in [0.2, 0.25) is 0 Å². The van der Waals surface area contributed by atoms with Crippen molar-refractivity contribution in [2.24, 2.45) is 0 Å². The second kappa shape index (κ2) is 7.10. The summed E-state index contributed by atoms with van der Waals surface area (Å²) in [6.45, 7) is 11.7. The van der Waals surface area contributed by atoms with Crippen LogP contribution < -0.4 is 5.32 Å². The highest BCUT2D eigenvalue weighted by Gasteiger charge is 2.40. The molecule has 0 amide bonds. The van der Waals surface area contributed by atoms with Gasteiger partial charge in [0.25, 0.3) is 0 Å². The standard InChI is InChI=1S/C22H32N4S/c1-6-26(7-2)22(27)24-15-10-17-18-8-13(3)9-19-21(18)16(14(4)23-19)11-20(17)25(5)12-15/h8-9,15,17,20,23H,6-7,10-12H2,1-5H3,(H,24,27)/t15-,17+,20+/m0/s1. The lowest BCUT2D eigenvalue weighted by atomic mass is 9.73. The first kappa shape index (κ1) is 18.8. The van der Waals surface area contributed by atoms with Crippen molar-refractivity contribution in [3.8, 4) is 0 Å². The van der Waals surface area contributed by atoms with Crippen LogP contribution in [0.25, 0.3) is 10.9 Å². The molecule has 1 fully saturated rings. The molecule has 5 heteroatoms. The van der Waals surface area contributed by atoms with E-state index in [1.807, 2.05) is 0 Å². The van der Waals surface area contributed by atoms with Gasteiger partial charge in [-0.2, -0.15) is 0 Å². The van der Waals surface area contributed by atoms with Gasteiger partial charge in [-0.3, -0.25) is 0 Å². The lowest BCUT2D eigenvalue weighted by Gasteiger charge is -2.46. The maximum absolute atomic E-state index is 5.68. The highest BCUT2D eigenvalue weighted by molar-refractivity contribution is 7.80. The third-order valence-electron chi connectivity index (χ3n) is 6.66. The summed E-state index contributed by atoms with van der Waals surface area (Å²) in [4.78, 5) is 8.43. The zero-order valence-electron chi connectivity index (χ0n) is 17.2. The number of piperidine rings is 1. The van der Waals surface area contributed by atoms with Gasteiger partial charge in [-0.25, -0.2) is 0 Å². The number of fused-ring (bicyclic) bond motifs is 2.